The number of nitrogens with zero attached hydrogens (tertiary/aromatic N) is 6. The first-order chi connectivity index (χ1) is 12.2. The lowest BCUT2D eigenvalue weighted by atomic mass is 10.1. The molecule has 7 heteroatoms. The number of hydrogen-bond acceptors (Lipinski definition) is 5. The van der Waals surface area contributed by atoms with Gasteiger partial charge in [-0.1, -0.05) is 12.1 Å². The zero-order valence-corrected chi connectivity index (χ0v) is 14.6. The summed E-state index contributed by atoms with van der Waals surface area (Å²) in [5.41, 5.74) is 3.56. The zero-order chi connectivity index (χ0) is 17.2. The Kier molecular flexibility index (Phi) is 4.23. The maximum absolute atomic E-state index is 4.49. The second-order valence-corrected chi connectivity index (χ2v) is 6.62. The SMILES string of the molecule is Cc1cc(CNC2CCN(c3ccn(C)n3)C2)ccc1-n1cncn1. The van der Waals surface area contributed by atoms with Gasteiger partial charge in [-0.3, -0.25) is 4.68 Å². The summed E-state index contributed by atoms with van der Waals surface area (Å²) in [7, 11) is 1.96. The first-order valence-corrected chi connectivity index (χ1v) is 8.61. The van der Waals surface area contributed by atoms with Crippen molar-refractivity contribution in [3.63, 3.8) is 0 Å². The van der Waals surface area contributed by atoms with E-state index in [1.807, 2.05) is 17.9 Å². The maximum Gasteiger partial charge on any atom is 0.150 e. The van der Waals surface area contributed by atoms with Gasteiger partial charge in [0, 0.05) is 45.0 Å². The molecule has 1 aliphatic rings. The number of benzene rings is 1. The van der Waals surface area contributed by atoms with Gasteiger partial charge in [0.25, 0.3) is 0 Å². The molecule has 7 nitrogen and oxygen atoms in total. The summed E-state index contributed by atoms with van der Waals surface area (Å²) in [4.78, 5) is 6.36. The van der Waals surface area contributed by atoms with Crippen molar-refractivity contribution in [1.82, 2.24) is 29.9 Å². The molecule has 1 saturated heterocycles. The van der Waals surface area contributed by atoms with Crippen LogP contribution in [0.1, 0.15) is 17.5 Å². The van der Waals surface area contributed by atoms with E-state index in [1.165, 1.54) is 11.1 Å². The molecule has 0 spiro atoms. The molecule has 1 atom stereocenters. The zero-order valence-electron chi connectivity index (χ0n) is 14.6. The van der Waals surface area contributed by atoms with Crippen molar-refractivity contribution in [3.8, 4) is 5.69 Å². The van der Waals surface area contributed by atoms with Crippen molar-refractivity contribution in [2.45, 2.75) is 25.9 Å². The average molecular weight is 337 g/mol. The fraction of sp³-hybridized carbons (Fsp3) is 0.389. The second kappa shape index (κ2) is 6.68. The molecule has 0 aliphatic carbocycles. The molecular formula is C18H23N7. The van der Waals surface area contributed by atoms with Gasteiger partial charge in [0.15, 0.2) is 5.82 Å². The fourth-order valence-corrected chi connectivity index (χ4v) is 3.39. The number of rotatable bonds is 5. The largest absolute Gasteiger partial charge is 0.354 e. The third-order valence-corrected chi connectivity index (χ3v) is 4.73. The van der Waals surface area contributed by atoms with Crippen LogP contribution in [0.4, 0.5) is 5.82 Å². The van der Waals surface area contributed by atoms with Crippen LogP contribution in [0.25, 0.3) is 5.69 Å². The van der Waals surface area contributed by atoms with E-state index in [-0.39, 0.29) is 0 Å². The Morgan fingerprint density at radius 2 is 2.20 bits per heavy atom. The van der Waals surface area contributed by atoms with Gasteiger partial charge >= 0.3 is 0 Å². The first-order valence-electron chi connectivity index (χ1n) is 8.61. The third kappa shape index (κ3) is 3.41. The smallest absolute Gasteiger partial charge is 0.150 e. The summed E-state index contributed by atoms with van der Waals surface area (Å²) in [5, 5.41) is 12.4. The lowest BCUT2D eigenvalue weighted by Gasteiger charge is -2.16. The molecular weight excluding hydrogens is 314 g/mol. The van der Waals surface area contributed by atoms with Gasteiger partial charge in [0.1, 0.15) is 12.7 Å². The standard InChI is InChI=1S/C18H23N7/c1-14-9-15(3-4-17(14)25-13-19-12-21-25)10-20-16-5-8-24(11-16)18-6-7-23(2)22-18/h3-4,6-7,9,12-13,16,20H,5,8,10-11H2,1-2H3. The maximum atomic E-state index is 4.49. The molecule has 1 fully saturated rings. The van der Waals surface area contributed by atoms with Gasteiger partial charge in [-0.15, -0.1) is 0 Å². The van der Waals surface area contributed by atoms with Crippen LogP contribution in [0, 0.1) is 6.92 Å². The Hall–Kier alpha value is -2.67. The molecule has 2 aromatic heterocycles. The van der Waals surface area contributed by atoms with E-state index in [2.05, 4.69) is 56.6 Å². The monoisotopic (exact) mass is 337 g/mol. The van der Waals surface area contributed by atoms with Crippen LogP contribution < -0.4 is 10.2 Å². The Morgan fingerprint density at radius 3 is 2.92 bits per heavy atom. The number of aryl methyl sites for hydroxylation is 2. The van der Waals surface area contributed by atoms with E-state index in [0.717, 1.165) is 37.6 Å². The van der Waals surface area contributed by atoms with Crippen LogP contribution in [0.3, 0.4) is 0 Å². The predicted molar refractivity (Wildman–Crippen MR) is 96.8 cm³/mol. The fourth-order valence-electron chi connectivity index (χ4n) is 3.39. The summed E-state index contributed by atoms with van der Waals surface area (Å²) in [6.45, 7) is 5.05. The van der Waals surface area contributed by atoms with Crippen LogP contribution in [-0.4, -0.2) is 43.7 Å². The molecule has 1 aromatic carbocycles. The van der Waals surface area contributed by atoms with E-state index in [9.17, 15) is 0 Å². The highest BCUT2D eigenvalue weighted by molar-refractivity contribution is 5.42. The normalized spacial score (nSPS) is 17.4. The van der Waals surface area contributed by atoms with E-state index < -0.39 is 0 Å². The second-order valence-electron chi connectivity index (χ2n) is 6.62. The average Bonchev–Trinajstić information content (AvgIpc) is 3.34. The molecule has 1 aliphatic heterocycles. The lowest BCUT2D eigenvalue weighted by Crippen LogP contribution is -2.32. The third-order valence-electron chi connectivity index (χ3n) is 4.73. The van der Waals surface area contributed by atoms with E-state index in [0.29, 0.717) is 6.04 Å². The summed E-state index contributed by atoms with van der Waals surface area (Å²) in [5.74, 6) is 1.07. The summed E-state index contributed by atoms with van der Waals surface area (Å²) < 4.78 is 3.66. The number of aromatic nitrogens is 5. The van der Waals surface area contributed by atoms with Crippen molar-refractivity contribution in [1.29, 1.82) is 0 Å². The van der Waals surface area contributed by atoms with Gasteiger partial charge in [-0.05, 0) is 30.5 Å². The van der Waals surface area contributed by atoms with Gasteiger partial charge < -0.3 is 10.2 Å². The molecule has 3 heterocycles. The molecule has 0 amide bonds. The summed E-state index contributed by atoms with van der Waals surface area (Å²) in [6, 6.07) is 9.06. The number of nitrogens with one attached hydrogen (secondary N) is 1. The van der Waals surface area contributed by atoms with Gasteiger partial charge in [-0.2, -0.15) is 10.2 Å². The molecule has 0 saturated carbocycles. The van der Waals surface area contributed by atoms with Crippen molar-refractivity contribution in [3.05, 3.63) is 54.2 Å². The summed E-state index contributed by atoms with van der Waals surface area (Å²) >= 11 is 0. The Morgan fingerprint density at radius 1 is 1.28 bits per heavy atom. The molecule has 0 radical (unpaired) electrons. The lowest BCUT2D eigenvalue weighted by molar-refractivity contribution is 0.551. The molecule has 25 heavy (non-hydrogen) atoms. The van der Waals surface area contributed by atoms with Crippen molar-refractivity contribution in [2.75, 3.05) is 18.0 Å². The molecule has 0 bridgehead atoms. The van der Waals surface area contributed by atoms with Gasteiger partial charge in [-0.25, -0.2) is 9.67 Å². The van der Waals surface area contributed by atoms with E-state index in [1.54, 1.807) is 17.3 Å². The Bertz CT molecular complexity index is 837. The predicted octanol–water partition coefficient (Wildman–Crippen LogP) is 1.68. The number of anilines is 1. The molecule has 130 valence electrons. The molecule has 1 N–H and O–H groups in total. The summed E-state index contributed by atoms with van der Waals surface area (Å²) in [6.07, 6.45) is 6.43. The van der Waals surface area contributed by atoms with E-state index in [4.69, 9.17) is 0 Å². The molecule has 1 unspecified atom stereocenters. The van der Waals surface area contributed by atoms with Crippen molar-refractivity contribution in [2.24, 2.45) is 7.05 Å². The van der Waals surface area contributed by atoms with Crippen LogP contribution >= 0.6 is 0 Å². The molecule has 3 aromatic rings. The minimum atomic E-state index is 0.498. The van der Waals surface area contributed by atoms with Crippen LogP contribution in [-0.2, 0) is 13.6 Å². The number of hydrogen-bond donors (Lipinski definition) is 1. The quantitative estimate of drug-likeness (QED) is 0.767. The highest BCUT2D eigenvalue weighted by Crippen LogP contribution is 2.19. The first kappa shape index (κ1) is 15.8. The van der Waals surface area contributed by atoms with Gasteiger partial charge in [0.05, 0.1) is 5.69 Å². The topological polar surface area (TPSA) is 63.8 Å². The van der Waals surface area contributed by atoms with E-state index >= 15 is 0 Å². The minimum Gasteiger partial charge on any atom is -0.354 e. The highest BCUT2D eigenvalue weighted by atomic mass is 15.3. The highest BCUT2D eigenvalue weighted by Gasteiger charge is 2.23. The molecule has 4 rings (SSSR count). The van der Waals surface area contributed by atoms with Crippen molar-refractivity contribution >= 4 is 5.82 Å². The Labute approximate surface area is 147 Å². The van der Waals surface area contributed by atoms with Crippen LogP contribution in [0.15, 0.2) is 43.1 Å². The minimum absolute atomic E-state index is 0.498. The van der Waals surface area contributed by atoms with Crippen LogP contribution in [0.2, 0.25) is 0 Å². The van der Waals surface area contributed by atoms with Crippen molar-refractivity contribution < 1.29 is 0 Å². The van der Waals surface area contributed by atoms with Gasteiger partial charge in [0.2, 0.25) is 0 Å². The van der Waals surface area contributed by atoms with Crippen LogP contribution in [0.5, 0.6) is 0 Å². The Balaban J connectivity index is 1.35.